The minimum Gasteiger partial charge on any atom is -0.478 e. The molecule has 0 saturated carbocycles. The van der Waals surface area contributed by atoms with Gasteiger partial charge in [-0.3, -0.25) is 4.84 Å². The second-order valence-electron chi connectivity index (χ2n) is 4.45. The molecule has 0 radical (unpaired) electrons. The lowest BCUT2D eigenvalue weighted by atomic mass is 10.2. The van der Waals surface area contributed by atoms with Crippen LogP contribution in [0.25, 0.3) is 0 Å². The van der Waals surface area contributed by atoms with Gasteiger partial charge in [-0.1, -0.05) is 5.16 Å². The number of carbonyl (C=O) groups is 3. The molecule has 25 heavy (non-hydrogen) atoms. The van der Waals surface area contributed by atoms with Crippen LogP contribution in [-0.2, 0) is 4.84 Å². The summed E-state index contributed by atoms with van der Waals surface area (Å²) in [6, 6.07) is 5.34. The molecule has 0 bridgehead atoms. The van der Waals surface area contributed by atoms with E-state index >= 15 is 0 Å². The number of carboxylic acids is 1. The average molecular weight is 387 g/mol. The molecule has 0 saturated heterocycles. The Bertz CT molecular complexity index is 665. The van der Waals surface area contributed by atoms with Gasteiger partial charge < -0.3 is 9.84 Å². The van der Waals surface area contributed by atoms with E-state index in [2.05, 4.69) is 9.99 Å². The van der Waals surface area contributed by atoms with Crippen LogP contribution in [0.5, 0.6) is 5.75 Å². The van der Waals surface area contributed by atoms with Crippen LogP contribution in [0.15, 0.2) is 29.4 Å². The van der Waals surface area contributed by atoms with E-state index in [1.165, 1.54) is 50.1 Å². The summed E-state index contributed by atoms with van der Waals surface area (Å²) in [5.41, 5.74) is 0.0751. The van der Waals surface area contributed by atoms with Crippen LogP contribution in [0.4, 0.5) is 9.59 Å². The molecule has 0 aliphatic carbocycles. The highest BCUT2D eigenvalue weighted by atomic mass is 32.2. The maximum absolute atomic E-state index is 12.0. The van der Waals surface area contributed by atoms with Gasteiger partial charge in [0, 0.05) is 14.1 Å². The van der Waals surface area contributed by atoms with Gasteiger partial charge in [-0.15, -0.1) is 11.8 Å². The quantitative estimate of drug-likeness (QED) is 0.270. The van der Waals surface area contributed by atoms with Crippen molar-refractivity contribution >= 4 is 47.1 Å². The number of ether oxygens (including phenoxy) is 1. The van der Waals surface area contributed by atoms with E-state index in [0.717, 1.165) is 20.7 Å². The number of benzene rings is 1. The van der Waals surface area contributed by atoms with E-state index in [-0.39, 0.29) is 11.3 Å². The number of carboxylic acid groups (broad SMARTS) is 1. The predicted molar refractivity (Wildman–Crippen MR) is 95.6 cm³/mol. The van der Waals surface area contributed by atoms with E-state index in [9.17, 15) is 14.4 Å². The zero-order valence-corrected chi connectivity index (χ0v) is 15.6. The molecule has 0 fully saturated rings. The summed E-state index contributed by atoms with van der Waals surface area (Å²) in [7, 11) is 2.81. The topological polar surface area (TPSA) is 109 Å². The van der Waals surface area contributed by atoms with Crippen molar-refractivity contribution in [2.45, 2.75) is 6.92 Å². The van der Waals surface area contributed by atoms with Gasteiger partial charge >= 0.3 is 18.2 Å². The largest absolute Gasteiger partial charge is 0.478 e. The van der Waals surface area contributed by atoms with E-state index < -0.39 is 18.2 Å². The summed E-state index contributed by atoms with van der Waals surface area (Å²) in [6.07, 6.45) is 0.276. The highest BCUT2D eigenvalue weighted by Crippen LogP contribution is 2.18. The average Bonchev–Trinajstić information content (AvgIpc) is 2.59. The number of nitrogens with zero attached hydrogens (tertiary/aromatic N) is 3. The van der Waals surface area contributed by atoms with Gasteiger partial charge in [0.15, 0.2) is 0 Å². The molecule has 2 amide bonds. The monoisotopic (exact) mass is 387 g/mol. The first-order valence-corrected chi connectivity index (χ1v) is 8.70. The van der Waals surface area contributed by atoms with Gasteiger partial charge in [0.1, 0.15) is 10.8 Å². The maximum Gasteiger partial charge on any atom is 0.447 e. The van der Waals surface area contributed by atoms with Gasteiger partial charge in [-0.25, -0.2) is 23.0 Å². The summed E-state index contributed by atoms with van der Waals surface area (Å²) in [4.78, 5) is 39.1. The second-order valence-corrected chi connectivity index (χ2v) is 6.70. The summed E-state index contributed by atoms with van der Waals surface area (Å²) in [5, 5.41) is 13.0. The molecule has 0 spiro atoms. The fourth-order valence-electron chi connectivity index (χ4n) is 1.28. The Morgan fingerprint density at radius 3 is 2.16 bits per heavy atom. The first-order chi connectivity index (χ1) is 11.7. The zero-order valence-electron chi connectivity index (χ0n) is 14.0. The molecule has 1 aromatic rings. The highest BCUT2D eigenvalue weighted by Gasteiger charge is 2.19. The molecule has 11 heteroatoms. The molecule has 1 aromatic carbocycles. The van der Waals surface area contributed by atoms with Gasteiger partial charge in [-0.2, -0.15) is 0 Å². The molecule has 0 atom stereocenters. The smallest absolute Gasteiger partial charge is 0.447 e. The zero-order chi connectivity index (χ0) is 19.0. The molecule has 9 nitrogen and oxygen atoms in total. The lowest BCUT2D eigenvalue weighted by Gasteiger charge is -2.20. The first-order valence-electron chi connectivity index (χ1n) is 6.75. The molecule has 136 valence electrons. The lowest BCUT2D eigenvalue weighted by Crippen LogP contribution is -2.30. The third kappa shape index (κ3) is 6.93. The van der Waals surface area contributed by atoms with Crippen LogP contribution < -0.4 is 4.74 Å². The standard InChI is InChI=1S/C14H17N3O6S2/c1-9(24-4)15-23-14(21)17(3)25-16(2)13(20)22-11-7-5-10(6-8-11)12(18)19/h5-8H,1-4H3,(H,18,19). The van der Waals surface area contributed by atoms with Crippen molar-refractivity contribution in [2.75, 3.05) is 20.4 Å². The van der Waals surface area contributed by atoms with Crippen LogP contribution in [0.3, 0.4) is 0 Å². The number of rotatable bonds is 5. The van der Waals surface area contributed by atoms with Gasteiger partial charge in [-0.05, 0) is 37.4 Å². The van der Waals surface area contributed by atoms with E-state index in [1.807, 2.05) is 0 Å². The fourth-order valence-corrected chi connectivity index (χ4v) is 1.96. The summed E-state index contributed by atoms with van der Waals surface area (Å²) >= 11 is 2.08. The van der Waals surface area contributed by atoms with Gasteiger partial charge in [0.25, 0.3) is 0 Å². The molecule has 0 aliphatic rings. The Morgan fingerprint density at radius 2 is 1.64 bits per heavy atom. The highest BCUT2D eigenvalue weighted by molar-refractivity contribution is 8.13. The molecule has 0 heterocycles. The SMILES string of the molecule is CSC(C)=NOC(=O)N(C)SN(C)C(=O)Oc1ccc(C(=O)O)cc1. The Balaban J connectivity index is 2.55. The molecule has 1 rings (SSSR count). The van der Waals surface area contributed by atoms with E-state index in [4.69, 9.17) is 9.84 Å². The normalized spacial score (nSPS) is 10.8. The van der Waals surface area contributed by atoms with Crippen LogP contribution in [0, 0.1) is 0 Å². The summed E-state index contributed by atoms with van der Waals surface area (Å²) in [5.74, 6) is -0.905. The van der Waals surface area contributed by atoms with Crippen molar-refractivity contribution in [3.63, 3.8) is 0 Å². The fraction of sp³-hybridized carbons (Fsp3) is 0.286. The van der Waals surface area contributed by atoms with Crippen LogP contribution >= 0.6 is 23.9 Å². The van der Waals surface area contributed by atoms with E-state index in [1.54, 1.807) is 13.2 Å². The van der Waals surface area contributed by atoms with Crippen molar-refractivity contribution in [3.05, 3.63) is 29.8 Å². The Kier molecular flexibility index (Phi) is 8.08. The summed E-state index contributed by atoms with van der Waals surface area (Å²) in [6.45, 7) is 1.68. The molecule has 0 aromatic heterocycles. The van der Waals surface area contributed by atoms with Gasteiger partial charge in [0.05, 0.1) is 17.7 Å². The number of carbonyl (C=O) groups excluding carboxylic acids is 2. The number of hydrogen-bond donors (Lipinski definition) is 1. The molecule has 0 aliphatic heterocycles. The molecular weight excluding hydrogens is 370 g/mol. The number of amides is 2. The van der Waals surface area contributed by atoms with Crippen LogP contribution in [0.1, 0.15) is 17.3 Å². The predicted octanol–water partition coefficient (Wildman–Crippen LogP) is 3.14. The number of aromatic carboxylic acids is 1. The molecule has 0 unspecified atom stereocenters. The van der Waals surface area contributed by atoms with Crippen molar-refractivity contribution in [2.24, 2.45) is 5.16 Å². The number of oxime groups is 1. The third-order valence-corrected chi connectivity index (χ3v) is 4.07. The minimum absolute atomic E-state index is 0.0751. The first kappa shape index (κ1) is 20.6. The van der Waals surface area contributed by atoms with Crippen LogP contribution in [-0.4, -0.2) is 57.3 Å². The van der Waals surface area contributed by atoms with Crippen molar-refractivity contribution in [1.29, 1.82) is 0 Å². The Morgan fingerprint density at radius 1 is 1.08 bits per heavy atom. The second kappa shape index (κ2) is 9.79. The third-order valence-electron chi connectivity index (χ3n) is 2.61. The van der Waals surface area contributed by atoms with Crippen molar-refractivity contribution in [1.82, 2.24) is 8.61 Å². The van der Waals surface area contributed by atoms with Crippen LogP contribution in [0.2, 0.25) is 0 Å². The molecule has 1 N–H and O–H groups in total. The lowest BCUT2D eigenvalue weighted by molar-refractivity contribution is 0.0696. The molecular formula is C14H17N3O6S2. The Labute approximate surface area is 153 Å². The summed E-state index contributed by atoms with van der Waals surface area (Å²) < 4.78 is 7.20. The Hall–Kier alpha value is -2.40. The van der Waals surface area contributed by atoms with Gasteiger partial charge in [0.2, 0.25) is 0 Å². The minimum atomic E-state index is -1.08. The maximum atomic E-state index is 12.0. The van der Waals surface area contributed by atoms with Crippen molar-refractivity contribution < 1.29 is 29.1 Å². The number of thioether (sulfide) groups is 1. The van der Waals surface area contributed by atoms with Crippen molar-refractivity contribution in [3.8, 4) is 5.75 Å². The number of hydrogen-bond acceptors (Lipinski definition) is 8. The van der Waals surface area contributed by atoms with E-state index in [0.29, 0.717) is 5.04 Å².